The van der Waals surface area contributed by atoms with Gasteiger partial charge in [0.2, 0.25) is 0 Å². The molecule has 1 aromatic rings. The predicted molar refractivity (Wildman–Crippen MR) is 65.4 cm³/mol. The highest BCUT2D eigenvalue weighted by molar-refractivity contribution is 5.49. The standard InChI is InChI=1S/C14H20O2/c1-3-6-11(4-2)12-7-5-8-13-14(12)16-10-9-15-13/h5,7-8,11H,3-4,6,9-10H2,1-2H3. The molecule has 0 aromatic heterocycles. The van der Waals surface area contributed by atoms with Gasteiger partial charge in [-0.2, -0.15) is 0 Å². The summed E-state index contributed by atoms with van der Waals surface area (Å²) < 4.78 is 11.4. The Balaban J connectivity index is 2.31. The van der Waals surface area contributed by atoms with Gasteiger partial charge in [0.1, 0.15) is 13.2 Å². The second-order valence-electron chi connectivity index (χ2n) is 4.27. The highest BCUT2D eigenvalue weighted by Gasteiger charge is 2.20. The molecule has 1 unspecified atom stereocenters. The molecular weight excluding hydrogens is 200 g/mol. The molecule has 0 fully saturated rings. The van der Waals surface area contributed by atoms with Crippen molar-refractivity contribution in [3.63, 3.8) is 0 Å². The number of benzene rings is 1. The molecule has 0 saturated heterocycles. The summed E-state index contributed by atoms with van der Waals surface area (Å²) in [6, 6.07) is 6.25. The zero-order valence-corrected chi connectivity index (χ0v) is 10.2. The topological polar surface area (TPSA) is 18.5 Å². The lowest BCUT2D eigenvalue weighted by Gasteiger charge is -2.24. The molecule has 0 aliphatic carbocycles. The van der Waals surface area contributed by atoms with Gasteiger partial charge in [-0.15, -0.1) is 0 Å². The molecule has 1 aliphatic heterocycles. The average Bonchev–Trinajstić information content (AvgIpc) is 2.35. The summed E-state index contributed by atoms with van der Waals surface area (Å²) in [4.78, 5) is 0. The third-order valence-electron chi connectivity index (χ3n) is 3.17. The number of hydrogen-bond acceptors (Lipinski definition) is 2. The van der Waals surface area contributed by atoms with Crippen molar-refractivity contribution in [3.8, 4) is 11.5 Å². The van der Waals surface area contributed by atoms with Crippen molar-refractivity contribution in [2.45, 2.75) is 39.0 Å². The Morgan fingerprint density at radius 1 is 1.19 bits per heavy atom. The zero-order chi connectivity index (χ0) is 11.4. The number of para-hydroxylation sites is 1. The summed E-state index contributed by atoms with van der Waals surface area (Å²) in [5.74, 6) is 2.49. The van der Waals surface area contributed by atoms with E-state index in [0.29, 0.717) is 19.1 Å². The number of ether oxygens (including phenoxy) is 2. The van der Waals surface area contributed by atoms with E-state index in [1.807, 2.05) is 6.07 Å². The van der Waals surface area contributed by atoms with E-state index in [-0.39, 0.29) is 0 Å². The van der Waals surface area contributed by atoms with Crippen LogP contribution in [0.3, 0.4) is 0 Å². The van der Waals surface area contributed by atoms with E-state index in [0.717, 1.165) is 17.9 Å². The Morgan fingerprint density at radius 3 is 2.75 bits per heavy atom. The van der Waals surface area contributed by atoms with E-state index in [4.69, 9.17) is 9.47 Å². The molecule has 0 N–H and O–H groups in total. The van der Waals surface area contributed by atoms with Crippen LogP contribution in [0.4, 0.5) is 0 Å². The molecule has 1 aromatic carbocycles. The van der Waals surface area contributed by atoms with Gasteiger partial charge in [-0.3, -0.25) is 0 Å². The minimum absolute atomic E-state index is 0.599. The molecule has 88 valence electrons. The van der Waals surface area contributed by atoms with E-state index in [2.05, 4.69) is 26.0 Å². The summed E-state index contributed by atoms with van der Waals surface area (Å²) >= 11 is 0. The van der Waals surface area contributed by atoms with Crippen molar-refractivity contribution in [1.82, 2.24) is 0 Å². The van der Waals surface area contributed by atoms with Crippen molar-refractivity contribution in [2.24, 2.45) is 0 Å². The molecule has 0 bridgehead atoms. The first-order chi connectivity index (χ1) is 7.86. The highest BCUT2D eigenvalue weighted by Crippen LogP contribution is 2.40. The number of fused-ring (bicyclic) bond motifs is 1. The molecule has 2 rings (SSSR count). The summed E-state index contributed by atoms with van der Waals surface area (Å²) in [6.07, 6.45) is 3.59. The van der Waals surface area contributed by atoms with Gasteiger partial charge in [0.15, 0.2) is 11.5 Å². The average molecular weight is 220 g/mol. The molecular formula is C14H20O2. The van der Waals surface area contributed by atoms with E-state index >= 15 is 0 Å². The monoisotopic (exact) mass is 220 g/mol. The molecule has 0 saturated carbocycles. The van der Waals surface area contributed by atoms with E-state index in [9.17, 15) is 0 Å². The molecule has 0 spiro atoms. The van der Waals surface area contributed by atoms with Crippen LogP contribution in [0.2, 0.25) is 0 Å². The molecule has 1 heterocycles. The Kier molecular flexibility index (Phi) is 3.70. The minimum Gasteiger partial charge on any atom is -0.486 e. The molecule has 0 amide bonds. The SMILES string of the molecule is CCCC(CC)c1cccc2c1OCCO2. The lowest BCUT2D eigenvalue weighted by molar-refractivity contribution is 0.169. The summed E-state index contributed by atoms with van der Waals surface area (Å²) in [5, 5.41) is 0. The van der Waals surface area contributed by atoms with E-state index in [1.165, 1.54) is 18.4 Å². The molecule has 2 heteroatoms. The van der Waals surface area contributed by atoms with Gasteiger partial charge in [-0.05, 0) is 24.8 Å². The van der Waals surface area contributed by atoms with Crippen LogP contribution in [0.15, 0.2) is 18.2 Å². The van der Waals surface area contributed by atoms with Gasteiger partial charge in [0, 0.05) is 5.56 Å². The van der Waals surface area contributed by atoms with E-state index in [1.54, 1.807) is 0 Å². The maximum Gasteiger partial charge on any atom is 0.164 e. The Bertz CT molecular complexity index is 347. The second kappa shape index (κ2) is 5.24. The van der Waals surface area contributed by atoms with Crippen LogP contribution >= 0.6 is 0 Å². The van der Waals surface area contributed by atoms with Crippen molar-refractivity contribution in [3.05, 3.63) is 23.8 Å². The van der Waals surface area contributed by atoms with Crippen LogP contribution in [-0.4, -0.2) is 13.2 Å². The van der Waals surface area contributed by atoms with Crippen molar-refractivity contribution in [2.75, 3.05) is 13.2 Å². The summed E-state index contributed by atoms with van der Waals surface area (Å²) in [7, 11) is 0. The smallest absolute Gasteiger partial charge is 0.164 e. The lowest BCUT2D eigenvalue weighted by atomic mass is 9.91. The maximum atomic E-state index is 5.76. The van der Waals surface area contributed by atoms with Gasteiger partial charge in [-0.1, -0.05) is 32.4 Å². The first-order valence-corrected chi connectivity index (χ1v) is 6.25. The first kappa shape index (κ1) is 11.3. The van der Waals surface area contributed by atoms with Crippen LogP contribution in [0.5, 0.6) is 11.5 Å². The first-order valence-electron chi connectivity index (χ1n) is 6.25. The summed E-state index contributed by atoms with van der Waals surface area (Å²) in [6.45, 7) is 5.81. The van der Waals surface area contributed by atoms with Gasteiger partial charge in [0.05, 0.1) is 0 Å². The van der Waals surface area contributed by atoms with Crippen molar-refractivity contribution in [1.29, 1.82) is 0 Å². The Morgan fingerprint density at radius 2 is 2.00 bits per heavy atom. The van der Waals surface area contributed by atoms with Gasteiger partial charge < -0.3 is 9.47 Å². The minimum atomic E-state index is 0.599. The number of hydrogen-bond donors (Lipinski definition) is 0. The molecule has 0 radical (unpaired) electrons. The van der Waals surface area contributed by atoms with Gasteiger partial charge >= 0.3 is 0 Å². The number of rotatable bonds is 4. The molecule has 1 aliphatic rings. The van der Waals surface area contributed by atoms with Crippen molar-refractivity contribution >= 4 is 0 Å². The lowest BCUT2D eigenvalue weighted by Crippen LogP contribution is -2.17. The van der Waals surface area contributed by atoms with Crippen LogP contribution in [-0.2, 0) is 0 Å². The predicted octanol–water partition coefficient (Wildman–Crippen LogP) is 3.75. The Hall–Kier alpha value is -1.18. The third-order valence-corrected chi connectivity index (χ3v) is 3.17. The van der Waals surface area contributed by atoms with Crippen LogP contribution in [0, 0.1) is 0 Å². The second-order valence-corrected chi connectivity index (χ2v) is 4.27. The fourth-order valence-corrected chi connectivity index (χ4v) is 2.35. The van der Waals surface area contributed by atoms with Crippen molar-refractivity contribution < 1.29 is 9.47 Å². The third kappa shape index (κ3) is 2.16. The largest absolute Gasteiger partial charge is 0.486 e. The maximum absolute atomic E-state index is 5.76. The fourth-order valence-electron chi connectivity index (χ4n) is 2.35. The van der Waals surface area contributed by atoms with Crippen LogP contribution in [0.25, 0.3) is 0 Å². The fraction of sp³-hybridized carbons (Fsp3) is 0.571. The zero-order valence-electron chi connectivity index (χ0n) is 10.2. The normalized spacial score (nSPS) is 15.9. The highest BCUT2D eigenvalue weighted by atomic mass is 16.6. The molecule has 16 heavy (non-hydrogen) atoms. The van der Waals surface area contributed by atoms with E-state index < -0.39 is 0 Å². The Labute approximate surface area is 97.6 Å². The van der Waals surface area contributed by atoms with Gasteiger partial charge in [-0.25, -0.2) is 0 Å². The molecule has 1 atom stereocenters. The van der Waals surface area contributed by atoms with Gasteiger partial charge in [0.25, 0.3) is 0 Å². The van der Waals surface area contributed by atoms with Crippen LogP contribution in [0.1, 0.15) is 44.6 Å². The quantitative estimate of drug-likeness (QED) is 0.769. The summed E-state index contributed by atoms with van der Waals surface area (Å²) in [5.41, 5.74) is 1.32. The van der Waals surface area contributed by atoms with Crippen LogP contribution < -0.4 is 9.47 Å². The molecule has 2 nitrogen and oxygen atoms in total.